The van der Waals surface area contributed by atoms with E-state index in [9.17, 15) is 0 Å². The molecule has 114 valence electrons. The molecule has 0 amide bonds. The third-order valence-corrected chi connectivity index (χ3v) is 4.16. The molecular weight excluding hydrogens is 290 g/mol. The summed E-state index contributed by atoms with van der Waals surface area (Å²) in [5.74, 6) is 0. The van der Waals surface area contributed by atoms with Gasteiger partial charge in [0.1, 0.15) is 0 Å². The van der Waals surface area contributed by atoms with Gasteiger partial charge in [-0.15, -0.1) is 0 Å². The average Bonchev–Trinajstić information content (AvgIpc) is 2.69. The molecule has 0 saturated carbocycles. The van der Waals surface area contributed by atoms with Gasteiger partial charge in [-0.25, -0.2) is 0 Å². The minimum atomic E-state index is 1.16. The monoisotopic (exact) mass is 308 g/mol. The van der Waals surface area contributed by atoms with Crippen LogP contribution in [0.3, 0.4) is 0 Å². The summed E-state index contributed by atoms with van der Waals surface area (Å²) in [5, 5.41) is 0. The molecule has 0 bridgehead atoms. The molecule has 0 aliphatic heterocycles. The zero-order chi connectivity index (χ0) is 16.2. The highest BCUT2D eigenvalue weighted by molar-refractivity contribution is 5.78. The smallest absolute Gasteiger partial charge is 0.159 e. The Balaban J connectivity index is 2.02. The van der Waals surface area contributed by atoms with E-state index in [-0.39, 0.29) is 0 Å². The number of nitrogens with zero attached hydrogens (tertiary/aromatic N) is 1. The highest BCUT2D eigenvalue weighted by Gasteiger charge is 2.20. The van der Waals surface area contributed by atoms with E-state index in [1.807, 2.05) is 6.07 Å². The molecule has 24 heavy (non-hydrogen) atoms. The van der Waals surface area contributed by atoms with E-state index in [0.717, 1.165) is 5.69 Å². The van der Waals surface area contributed by atoms with Crippen molar-refractivity contribution in [2.45, 2.75) is 0 Å². The Kier molecular flexibility index (Phi) is 3.91. The van der Waals surface area contributed by atoms with Crippen molar-refractivity contribution in [3.05, 3.63) is 109 Å². The van der Waals surface area contributed by atoms with Crippen LogP contribution in [0.25, 0.3) is 28.1 Å². The zero-order valence-corrected chi connectivity index (χ0v) is 13.3. The Bertz CT molecular complexity index is 872. The summed E-state index contributed by atoms with van der Waals surface area (Å²) in [5.41, 5.74) is 6.03. The van der Waals surface area contributed by atoms with Gasteiger partial charge < -0.3 is 0 Å². The SMILES string of the molecule is c1ccc(-c2ccc[n+](-c3ccccc3)c2-c2ccccc2)cc1. The number of hydrogen-bond donors (Lipinski definition) is 0. The molecule has 0 saturated heterocycles. The number of rotatable bonds is 3. The number of hydrogen-bond acceptors (Lipinski definition) is 0. The van der Waals surface area contributed by atoms with E-state index in [1.54, 1.807) is 0 Å². The van der Waals surface area contributed by atoms with Crippen molar-refractivity contribution in [2.24, 2.45) is 0 Å². The lowest BCUT2D eigenvalue weighted by Gasteiger charge is -2.09. The van der Waals surface area contributed by atoms with Gasteiger partial charge in [-0.1, -0.05) is 66.7 Å². The molecule has 0 spiro atoms. The van der Waals surface area contributed by atoms with Crippen molar-refractivity contribution in [1.29, 1.82) is 0 Å². The Morgan fingerprint density at radius 3 is 1.62 bits per heavy atom. The Morgan fingerprint density at radius 2 is 1.00 bits per heavy atom. The van der Waals surface area contributed by atoms with Gasteiger partial charge in [0, 0.05) is 23.8 Å². The molecule has 1 aromatic heterocycles. The molecule has 3 aromatic carbocycles. The normalized spacial score (nSPS) is 10.5. The van der Waals surface area contributed by atoms with Gasteiger partial charge in [0.2, 0.25) is 11.4 Å². The van der Waals surface area contributed by atoms with Gasteiger partial charge in [-0.2, -0.15) is 4.57 Å². The third-order valence-electron chi connectivity index (χ3n) is 4.16. The highest BCUT2D eigenvalue weighted by Crippen LogP contribution is 2.29. The number of para-hydroxylation sites is 1. The van der Waals surface area contributed by atoms with E-state index in [2.05, 4.69) is 108 Å². The summed E-state index contributed by atoms with van der Waals surface area (Å²) >= 11 is 0. The Labute approximate surface area is 142 Å². The quantitative estimate of drug-likeness (QED) is 0.452. The van der Waals surface area contributed by atoms with Crippen LogP contribution >= 0.6 is 0 Å². The fourth-order valence-electron chi connectivity index (χ4n) is 3.05. The van der Waals surface area contributed by atoms with Crippen molar-refractivity contribution in [3.8, 4) is 28.1 Å². The minimum Gasteiger partial charge on any atom is -0.159 e. The van der Waals surface area contributed by atoms with Crippen LogP contribution in [-0.2, 0) is 0 Å². The lowest BCUT2D eigenvalue weighted by molar-refractivity contribution is -0.583. The summed E-state index contributed by atoms with van der Waals surface area (Å²) in [6, 6.07) is 35.9. The fraction of sp³-hybridized carbons (Fsp3) is 0. The van der Waals surface area contributed by atoms with Gasteiger partial charge in [0.15, 0.2) is 6.20 Å². The zero-order valence-electron chi connectivity index (χ0n) is 13.3. The topological polar surface area (TPSA) is 3.88 Å². The predicted molar refractivity (Wildman–Crippen MR) is 98.8 cm³/mol. The summed E-state index contributed by atoms with van der Waals surface area (Å²) < 4.78 is 2.26. The molecule has 1 heterocycles. The second-order valence-corrected chi connectivity index (χ2v) is 5.71. The number of aromatic nitrogens is 1. The van der Waals surface area contributed by atoms with E-state index >= 15 is 0 Å². The first-order chi connectivity index (χ1) is 11.9. The maximum Gasteiger partial charge on any atom is 0.226 e. The summed E-state index contributed by atoms with van der Waals surface area (Å²) in [7, 11) is 0. The Hall–Kier alpha value is -3.19. The van der Waals surface area contributed by atoms with Crippen molar-refractivity contribution in [2.75, 3.05) is 0 Å². The van der Waals surface area contributed by atoms with Gasteiger partial charge >= 0.3 is 0 Å². The molecule has 0 aliphatic rings. The molecule has 0 aliphatic carbocycles. The summed E-state index contributed by atoms with van der Waals surface area (Å²) in [6.07, 6.45) is 2.13. The maximum atomic E-state index is 2.26. The maximum absolute atomic E-state index is 2.26. The summed E-state index contributed by atoms with van der Waals surface area (Å²) in [6.45, 7) is 0. The molecule has 4 aromatic rings. The number of pyridine rings is 1. The van der Waals surface area contributed by atoms with Gasteiger partial charge in [-0.3, -0.25) is 0 Å². The summed E-state index contributed by atoms with van der Waals surface area (Å²) in [4.78, 5) is 0. The first kappa shape index (κ1) is 14.4. The van der Waals surface area contributed by atoms with Gasteiger partial charge in [-0.05, 0) is 23.8 Å². The van der Waals surface area contributed by atoms with Crippen LogP contribution in [0.5, 0.6) is 0 Å². The molecule has 4 rings (SSSR count). The molecule has 0 atom stereocenters. The average molecular weight is 308 g/mol. The van der Waals surface area contributed by atoms with Crippen LogP contribution in [0.15, 0.2) is 109 Å². The molecule has 0 N–H and O–H groups in total. The first-order valence-electron chi connectivity index (χ1n) is 8.14. The van der Waals surface area contributed by atoms with Crippen molar-refractivity contribution in [1.82, 2.24) is 0 Å². The van der Waals surface area contributed by atoms with Crippen LogP contribution in [0.1, 0.15) is 0 Å². The largest absolute Gasteiger partial charge is 0.226 e. The molecular formula is C23H18N+. The van der Waals surface area contributed by atoms with E-state index in [0.29, 0.717) is 0 Å². The number of benzene rings is 3. The molecule has 0 fully saturated rings. The predicted octanol–water partition coefficient (Wildman–Crippen LogP) is 5.30. The minimum absolute atomic E-state index is 1.16. The van der Waals surface area contributed by atoms with E-state index in [1.165, 1.54) is 22.4 Å². The third kappa shape index (κ3) is 2.72. The Morgan fingerprint density at radius 1 is 0.458 bits per heavy atom. The van der Waals surface area contributed by atoms with Gasteiger partial charge in [0.05, 0.1) is 5.56 Å². The van der Waals surface area contributed by atoms with Crippen molar-refractivity contribution >= 4 is 0 Å². The first-order valence-corrected chi connectivity index (χ1v) is 8.14. The van der Waals surface area contributed by atoms with E-state index in [4.69, 9.17) is 0 Å². The van der Waals surface area contributed by atoms with Gasteiger partial charge in [0.25, 0.3) is 0 Å². The standard InChI is InChI=1S/C23H18N/c1-4-11-19(12-5-1)22-17-10-18-24(21-15-8-3-9-16-21)23(22)20-13-6-2-7-14-20/h1-18H/q+1. The van der Waals surface area contributed by atoms with Crippen LogP contribution in [0, 0.1) is 0 Å². The highest BCUT2D eigenvalue weighted by atomic mass is 15.0. The van der Waals surface area contributed by atoms with Crippen molar-refractivity contribution < 1.29 is 4.57 Å². The molecule has 1 heteroatoms. The second-order valence-electron chi connectivity index (χ2n) is 5.71. The fourth-order valence-corrected chi connectivity index (χ4v) is 3.05. The van der Waals surface area contributed by atoms with Crippen LogP contribution < -0.4 is 4.57 Å². The molecule has 0 radical (unpaired) electrons. The molecule has 0 unspecified atom stereocenters. The van der Waals surface area contributed by atoms with Crippen molar-refractivity contribution in [3.63, 3.8) is 0 Å². The second kappa shape index (κ2) is 6.51. The van der Waals surface area contributed by atoms with E-state index < -0.39 is 0 Å². The molecule has 1 nitrogen and oxygen atoms in total. The lowest BCUT2D eigenvalue weighted by atomic mass is 9.98. The van der Waals surface area contributed by atoms with Crippen LogP contribution in [-0.4, -0.2) is 0 Å². The lowest BCUT2D eigenvalue weighted by Crippen LogP contribution is -2.33. The van der Waals surface area contributed by atoms with Crippen LogP contribution in [0.2, 0.25) is 0 Å². The van der Waals surface area contributed by atoms with Crippen LogP contribution in [0.4, 0.5) is 0 Å².